The first kappa shape index (κ1) is 45.8. The molecular weight excluding hydrogens is 940 g/mol. The molecule has 0 atom stereocenters. The van der Waals surface area contributed by atoms with Gasteiger partial charge in [-0.2, -0.15) is 0 Å². The number of rotatable bonds is 5. The number of anilines is 2. The molecule has 76 heavy (non-hydrogen) atoms. The highest BCUT2D eigenvalue weighted by Gasteiger charge is 2.45. The van der Waals surface area contributed by atoms with Gasteiger partial charge in [-0.3, -0.25) is 0 Å². The number of para-hydroxylation sites is 1. The van der Waals surface area contributed by atoms with E-state index in [1.165, 1.54) is 115 Å². The predicted octanol–water partition coefficient (Wildman–Crippen LogP) is 18.6. The third-order valence-corrected chi connectivity index (χ3v) is 19.2. The normalized spacial score (nSPS) is 15.8. The molecule has 0 saturated heterocycles. The Morgan fingerprint density at radius 1 is 0.566 bits per heavy atom. The van der Waals surface area contributed by atoms with E-state index in [1.807, 2.05) is 11.3 Å². The van der Waals surface area contributed by atoms with Gasteiger partial charge in [0.05, 0.1) is 11.2 Å². The lowest BCUT2D eigenvalue weighted by Gasteiger charge is -2.42. The zero-order valence-corrected chi connectivity index (χ0v) is 45.7. The summed E-state index contributed by atoms with van der Waals surface area (Å²) in [4.78, 5) is 1.30. The molecule has 9 aromatic carbocycles. The molecule has 0 spiro atoms. The smallest absolute Gasteiger partial charge is 0.198 e. The predicted molar refractivity (Wildman–Crippen MR) is 326 cm³/mol. The SMILES string of the molecule is CC(C)(C)c1ccc(Nc2cc3oc4ccccc4c3cc2-c2c3c(c4c5cc6c(cc5n5c4c2[B]c2cc4sc(-c7ccccc7)c(-c7ccccc7)c4cc2-5)C(C)(C)CCC6(C)C)C(C)(C)c2ccccc2-3)cc1. The molecule has 1 aliphatic heterocycles. The largest absolute Gasteiger partial charge is 0.456 e. The van der Waals surface area contributed by atoms with Gasteiger partial charge >= 0.3 is 0 Å². The molecule has 4 heterocycles. The highest BCUT2D eigenvalue weighted by Crippen LogP contribution is 2.59. The molecule has 1 radical (unpaired) electrons. The average Bonchev–Trinajstić information content (AvgIpc) is 4.32. The lowest BCUT2D eigenvalue weighted by atomic mass is 9.57. The number of fused-ring (bicyclic) bond motifs is 14. The van der Waals surface area contributed by atoms with Crippen LogP contribution in [0.25, 0.3) is 103 Å². The molecule has 3 nitrogen and oxygen atoms in total. The van der Waals surface area contributed by atoms with Crippen molar-refractivity contribution in [2.75, 3.05) is 5.32 Å². The highest BCUT2D eigenvalue weighted by atomic mass is 32.1. The Bertz CT molecular complexity index is 4440. The summed E-state index contributed by atoms with van der Waals surface area (Å²) < 4.78 is 10.8. The summed E-state index contributed by atoms with van der Waals surface area (Å²) in [5.74, 6) is 0. The van der Waals surface area contributed by atoms with Gasteiger partial charge in [-0.25, -0.2) is 0 Å². The Morgan fingerprint density at radius 3 is 1.97 bits per heavy atom. The molecule has 12 aromatic rings. The Hall–Kier alpha value is -7.60. The maximum atomic E-state index is 6.76. The molecule has 3 aromatic heterocycles. The minimum atomic E-state index is -0.325. The minimum Gasteiger partial charge on any atom is -0.456 e. The minimum absolute atomic E-state index is 0.0155. The summed E-state index contributed by atoms with van der Waals surface area (Å²) in [5, 5.41) is 10.3. The Balaban J connectivity index is 1.12. The van der Waals surface area contributed by atoms with Gasteiger partial charge in [-0.1, -0.05) is 183 Å². The van der Waals surface area contributed by atoms with E-state index in [4.69, 9.17) is 4.42 Å². The lowest BCUT2D eigenvalue weighted by Crippen LogP contribution is -2.38. The quantitative estimate of drug-likeness (QED) is 0.174. The van der Waals surface area contributed by atoms with Crippen molar-refractivity contribution in [3.8, 4) is 49.5 Å². The van der Waals surface area contributed by atoms with Crippen molar-refractivity contribution in [1.29, 1.82) is 0 Å². The van der Waals surface area contributed by atoms with Crippen molar-refractivity contribution in [2.45, 2.75) is 96.8 Å². The molecule has 3 aliphatic rings. The van der Waals surface area contributed by atoms with Gasteiger partial charge in [0.1, 0.15) is 11.2 Å². The number of nitrogens with zero attached hydrogens (tertiary/aromatic N) is 1. The van der Waals surface area contributed by atoms with E-state index in [9.17, 15) is 0 Å². The van der Waals surface area contributed by atoms with Crippen molar-refractivity contribution >= 4 is 94.7 Å². The van der Waals surface area contributed by atoms with E-state index >= 15 is 0 Å². The van der Waals surface area contributed by atoms with Crippen molar-refractivity contribution in [2.24, 2.45) is 0 Å². The number of hydrogen-bond acceptors (Lipinski definition) is 3. The Labute approximate surface area is 450 Å². The maximum Gasteiger partial charge on any atom is 0.198 e. The molecule has 369 valence electrons. The first-order valence-electron chi connectivity index (χ1n) is 27.3. The molecule has 0 unspecified atom stereocenters. The molecule has 15 rings (SSSR count). The fourth-order valence-electron chi connectivity index (χ4n) is 13.9. The summed E-state index contributed by atoms with van der Waals surface area (Å²) in [7, 11) is 2.57. The van der Waals surface area contributed by atoms with Crippen LogP contribution in [0, 0.1) is 0 Å². The molecule has 2 aliphatic carbocycles. The summed E-state index contributed by atoms with van der Waals surface area (Å²) in [5.41, 5.74) is 25.7. The van der Waals surface area contributed by atoms with Gasteiger partial charge in [0.15, 0.2) is 7.28 Å². The third kappa shape index (κ3) is 6.48. The number of aromatic nitrogens is 1. The molecule has 0 fully saturated rings. The van der Waals surface area contributed by atoms with Crippen LogP contribution in [-0.4, -0.2) is 11.8 Å². The van der Waals surface area contributed by atoms with Crippen molar-refractivity contribution < 1.29 is 4.42 Å². The summed E-state index contributed by atoms with van der Waals surface area (Å²) in [6, 6.07) is 64.0. The van der Waals surface area contributed by atoms with Crippen LogP contribution in [-0.2, 0) is 21.7 Å². The molecule has 5 heteroatoms. The van der Waals surface area contributed by atoms with Crippen LogP contribution in [0.1, 0.15) is 103 Å². The lowest BCUT2D eigenvalue weighted by molar-refractivity contribution is 0.332. The number of benzene rings is 9. The van der Waals surface area contributed by atoms with E-state index in [-0.39, 0.29) is 21.7 Å². The summed E-state index contributed by atoms with van der Waals surface area (Å²) >= 11 is 1.91. The Kier molecular flexibility index (Phi) is 9.48. The van der Waals surface area contributed by atoms with E-state index < -0.39 is 0 Å². The first-order chi connectivity index (χ1) is 36.5. The molecule has 0 amide bonds. The second kappa shape index (κ2) is 15.7. The molecule has 0 bridgehead atoms. The summed E-state index contributed by atoms with van der Waals surface area (Å²) in [6.07, 6.45) is 2.30. The van der Waals surface area contributed by atoms with Gasteiger partial charge in [0.2, 0.25) is 0 Å². The second-order valence-electron chi connectivity index (χ2n) is 25.0. The fourth-order valence-corrected chi connectivity index (χ4v) is 15.2. The highest BCUT2D eigenvalue weighted by molar-refractivity contribution is 7.23. The van der Waals surface area contributed by atoms with Gasteiger partial charge in [0.25, 0.3) is 0 Å². The first-order valence-corrected chi connectivity index (χ1v) is 28.1. The van der Waals surface area contributed by atoms with Crippen LogP contribution >= 0.6 is 11.3 Å². The summed E-state index contributed by atoms with van der Waals surface area (Å²) in [6.45, 7) is 21.7. The van der Waals surface area contributed by atoms with Crippen molar-refractivity contribution in [3.05, 3.63) is 198 Å². The monoisotopic (exact) mass is 999 g/mol. The number of thiophene rings is 1. The van der Waals surface area contributed by atoms with Crippen LogP contribution in [0.15, 0.2) is 174 Å². The van der Waals surface area contributed by atoms with Crippen LogP contribution in [0.4, 0.5) is 11.4 Å². The molecule has 0 saturated carbocycles. The number of hydrogen-bond donors (Lipinski definition) is 1. The zero-order chi connectivity index (χ0) is 51.8. The molecule has 1 N–H and O–H groups in total. The van der Waals surface area contributed by atoms with Crippen LogP contribution in [0.2, 0.25) is 0 Å². The van der Waals surface area contributed by atoms with Gasteiger partial charge in [-0.05, 0) is 139 Å². The maximum absolute atomic E-state index is 6.76. The van der Waals surface area contributed by atoms with Crippen LogP contribution < -0.4 is 16.2 Å². The van der Waals surface area contributed by atoms with Gasteiger partial charge < -0.3 is 14.3 Å². The fraction of sp³-hybridized carbons (Fsp3) is 0.211. The Morgan fingerprint density at radius 2 is 1.24 bits per heavy atom. The van der Waals surface area contributed by atoms with Crippen molar-refractivity contribution in [1.82, 2.24) is 4.57 Å². The van der Waals surface area contributed by atoms with E-state index in [2.05, 4.69) is 249 Å². The molecular formula is C71H60BN2OS. The third-order valence-electron chi connectivity index (χ3n) is 18.0. The van der Waals surface area contributed by atoms with E-state index in [1.54, 1.807) is 0 Å². The van der Waals surface area contributed by atoms with Crippen LogP contribution in [0.3, 0.4) is 0 Å². The van der Waals surface area contributed by atoms with Gasteiger partial charge in [0, 0.05) is 76.0 Å². The van der Waals surface area contributed by atoms with E-state index in [0.29, 0.717) is 0 Å². The van der Waals surface area contributed by atoms with Gasteiger partial charge in [-0.15, -0.1) is 11.3 Å². The number of furan rings is 1. The van der Waals surface area contributed by atoms with Crippen molar-refractivity contribution in [3.63, 3.8) is 0 Å². The van der Waals surface area contributed by atoms with E-state index in [0.717, 1.165) is 51.7 Å². The topological polar surface area (TPSA) is 30.1 Å². The number of nitrogens with one attached hydrogen (secondary N) is 1. The zero-order valence-electron chi connectivity index (χ0n) is 44.9. The standard InChI is InChI=1S/C71H60BN2OS/c1-68(2,3)42-28-30-43(31-29-42)73-54-39-58-46(44-24-17-19-27-57(44)75-58)34-47(54)62-61-45-25-16-18-26-50(45)71(8,9)64(61)63-48-35-51-52(70(6,7)33-32-69(51,4)5)37-55(48)74-56-36-49-59(38-53(56)72-65(62)66(63)74)76-67(41-22-14-11-15-23-41)60(49)40-20-12-10-13-21-40/h10-31,34-39,73H,32-33H2,1-9H3. The second-order valence-corrected chi connectivity index (χ2v) is 26.0. The average molecular weight is 1000 g/mol. The van der Waals surface area contributed by atoms with Crippen LogP contribution in [0.5, 0.6) is 0 Å².